The van der Waals surface area contributed by atoms with Crippen molar-refractivity contribution < 1.29 is 64.9 Å². The highest BCUT2D eigenvalue weighted by molar-refractivity contribution is 5.96. The number of Topliss-reactive ketones (excluding diaryl/α,β-unsaturated/α-hetero) is 2. The van der Waals surface area contributed by atoms with Gasteiger partial charge in [-0.2, -0.15) is 26.3 Å². The van der Waals surface area contributed by atoms with E-state index in [1.165, 1.54) is 46.1 Å². The van der Waals surface area contributed by atoms with E-state index in [1.807, 2.05) is 0 Å². The first-order valence-electron chi connectivity index (χ1n) is 13.2. The van der Waals surface area contributed by atoms with Crippen LogP contribution in [0.1, 0.15) is 54.2 Å². The number of ether oxygens (including phenoxy) is 2. The molecule has 45 heavy (non-hydrogen) atoms. The number of ketones is 2. The smallest absolute Gasteiger partial charge is 0.416 e. The molecule has 0 bridgehead atoms. The van der Waals surface area contributed by atoms with E-state index in [1.54, 1.807) is 0 Å². The maximum atomic E-state index is 13.1. The fraction of sp³-hybridized carbons (Fsp3) is 0.414. The summed E-state index contributed by atoms with van der Waals surface area (Å²) in [6.07, 6.45) is -11.7. The number of carboxylic acid groups (broad SMARTS) is 1. The van der Waals surface area contributed by atoms with Crippen molar-refractivity contribution in [1.82, 2.24) is 10.6 Å². The number of hydrogen-bond acceptors (Lipinski definition) is 7. The number of carbonyl (C=O) groups excluding carboxylic acids is 4. The molecule has 0 saturated carbocycles. The van der Waals surface area contributed by atoms with Gasteiger partial charge in [-0.1, -0.05) is 13.8 Å². The van der Waals surface area contributed by atoms with Gasteiger partial charge in [0.1, 0.15) is 30.2 Å². The summed E-state index contributed by atoms with van der Waals surface area (Å²) in [7, 11) is 1.35. The summed E-state index contributed by atoms with van der Waals surface area (Å²) in [5.74, 6) is -6.02. The number of halogens is 6. The molecule has 0 heterocycles. The van der Waals surface area contributed by atoms with Crippen molar-refractivity contribution in [2.24, 2.45) is 5.92 Å². The Bertz CT molecular complexity index is 1410. The Morgan fingerprint density at radius 3 is 1.93 bits per heavy atom. The second-order valence-electron chi connectivity index (χ2n) is 10.2. The number of hydrogen-bond donors (Lipinski definition) is 3. The molecule has 0 saturated heterocycles. The molecule has 0 unspecified atom stereocenters. The molecular formula is C29H30F6N2O8. The highest BCUT2D eigenvalue weighted by atomic mass is 19.4. The van der Waals surface area contributed by atoms with Gasteiger partial charge in [0, 0.05) is 11.1 Å². The lowest BCUT2D eigenvalue weighted by Crippen LogP contribution is -2.54. The first-order valence-corrected chi connectivity index (χ1v) is 13.2. The predicted molar refractivity (Wildman–Crippen MR) is 145 cm³/mol. The number of alkyl halides is 6. The molecule has 16 heteroatoms. The first kappa shape index (κ1) is 36.6. The Hall–Kier alpha value is -4.63. The van der Waals surface area contributed by atoms with E-state index in [2.05, 4.69) is 10.6 Å². The number of carbonyl (C=O) groups is 5. The Balaban J connectivity index is 2.22. The van der Waals surface area contributed by atoms with Crippen LogP contribution in [0.25, 0.3) is 0 Å². The fourth-order valence-corrected chi connectivity index (χ4v) is 4.01. The molecule has 2 aromatic rings. The van der Waals surface area contributed by atoms with E-state index in [-0.39, 0.29) is 36.2 Å². The molecule has 2 atom stereocenters. The van der Waals surface area contributed by atoms with Gasteiger partial charge in [0.25, 0.3) is 0 Å². The molecule has 0 aromatic heterocycles. The number of rotatable bonds is 14. The lowest BCUT2D eigenvalue weighted by molar-refractivity contribution is -0.144. The molecular weight excluding hydrogens is 618 g/mol. The average Bonchev–Trinajstić information content (AvgIpc) is 2.92. The minimum atomic E-state index is -5.18. The molecule has 0 spiro atoms. The first-order chi connectivity index (χ1) is 20.7. The van der Waals surface area contributed by atoms with Crippen molar-refractivity contribution >= 4 is 29.4 Å². The second kappa shape index (κ2) is 14.9. The molecule has 10 nitrogen and oxygen atoms in total. The van der Waals surface area contributed by atoms with Crippen LogP contribution < -0.4 is 20.1 Å². The highest BCUT2D eigenvalue weighted by Crippen LogP contribution is 2.38. The van der Waals surface area contributed by atoms with Gasteiger partial charge in [0.2, 0.25) is 11.8 Å². The molecule has 246 valence electrons. The van der Waals surface area contributed by atoms with Gasteiger partial charge in [-0.05, 0) is 49.2 Å². The second-order valence-corrected chi connectivity index (χ2v) is 10.2. The molecule has 0 fully saturated rings. The molecule has 2 rings (SSSR count). The van der Waals surface area contributed by atoms with Crippen LogP contribution in [-0.4, -0.2) is 60.3 Å². The normalized spacial score (nSPS) is 13.0. The van der Waals surface area contributed by atoms with E-state index in [0.29, 0.717) is 11.1 Å². The molecule has 0 aliphatic rings. The third-order valence-electron chi connectivity index (χ3n) is 6.33. The van der Waals surface area contributed by atoms with Gasteiger partial charge in [0.05, 0.1) is 31.1 Å². The van der Waals surface area contributed by atoms with Crippen molar-refractivity contribution in [3.63, 3.8) is 0 Å². The summed E-state index contributed by atoms with van der Waals surface area (Å²) in [6.45, 7) is 3.20. The summed E-state index contributed by atoms with van der Waals surface area (Å²) in [5.41, 5.74) is -2.77. The minimum absolute atomic E-state index is 0.140. The quantitative estimate of drug-likeness (QED) is 0.204. The van der Waals surface area contributed by atoms with Crippen LogP contribution in [0.2, 0.25) is 0 Å². The van der Waals surface area contributed by atoms with Crippen LogP contribution in [0.4, 0.5) is 26.3 Å². The van der Waals surface area contributed by atoms with Crippen LogP contribution in [0, 0.1) is 5.92 Å². The SMILES string of the molecule is COc1ccc(C(C)=O)cc1CC(=O)N[C@H](C(=O)N[C@@H](CC(=O)O)C(=O)COc1cc(C(F)(F)F)cc(C(F)(F)F)c1)C(C)C. The zero-order valence-electron chi connectivity index (χ0n) is 24.4. The summed E-state index contributed by atoms with van der Waals surface area (Å²) in [4.78, 5) is 61.9. The molecule has 3 N–H and O–H groups in total. The van der Waals surface area contributed by atoms with Crippen molar-refractivity contribution in [1.29, 1.82) is 0 Å². The minimum Gasteiger partial charge on any atom is -0.496 e. The van der Waals surface area contributed by atoms with Gasteiger partial charge in [-0.15, -0.1) is 0 Å². The molecule has 0 aliphatic heterocycles. The van der Waals surface area contributed by atoms with Crippen LogP contribution in [0.15, 0.2) is 36.4 Å². The largest absolute Gasteiger partial charge is 0.496 e. The van der Waals surface area contributed by atoms with Crippen LogP contribution >= 0.6 is 0 Å². The highest BCUT2D eigenvalue weighted by Gasteiger charge is 2.37. The third-order valence-corrected chi connectivity index (χ3v) is 6.33. The number of amides is 2. The Morgan fingerprint density at radius 1 is 0.889 bits per heavy atom. The lowest BCUT2D eigenvalue weighted by atomic mass is 10.0. The summed E-state index contributed by atoms with van der Waals surface area (Å²) >= 11 is 0. The zero-order valence-corrected chi connectivity index (χ0v) is 24.4. The predicted octanol–water partition coefficient (Wildman–Crippen LogP) is 4.23. The van der Waals surface area contributed by atoms with E-state index in [4.69, 9.17) is 9.47 Å². The third kappa shape index (κ3) is 10.8. The average molecular weight is 649 g/mol. The van der Waals surface area contributed by atoms with E-state index in [0.717, 1.165) is 0 Å². The number of aliphatic carboxylic acids is 1. The molecule has 0 radical (unpaired) electrons. The van der Waals surface area contributed by atoms with Crippen molar-refractivity contribution in [3.05, 3.63) is 58.7 Å². The van der Waals surface area contributed by atoms with Gasteiger partial charge in [-0.3, -0.25) is 24.0 Å². The van der Waals surface area contributed by atoms with Crippen molar-refractivity contribution in [2.75, 3.05) is 13.7 Å². The molecule has 0 aliphatic carbocycles. The van der Waals surface area contributed by atoms with Gasteiger partial charge in [-0.25, -0.2) is 0 Å². The van der Waals surface area contributed by atoms with E-state index < -0.39 is 83.8 Å². The topological polar surface area (TPSA) is 148 Å². The standard InChI is InChI=1S/C29H30F6N2O8/c1-14(2)26(37-24(40)8-17-7-16(15(3)38)5-6-23(17)44-4)27(43)36-21(12-25(41)42)22(39)13-45-20-10-18(28(30,31)32)9-19(11-20)29(33,34)35/h5-7,9-11,14,21,26H,8,12-13H2,1-4H3,(H,36,43)(H,37,40)(H,41,42)/t21-,26-/m0/s1. The maximum absolute atomic E-state index is 13.1. The Morgan fingerprint density at radius 2 is 1.47 bits per heavy atom. The maximum Gasteiger partial charge on any atom is 0.416 e. The monoisotopic (exact) mass is 648 g/mol. The van der Waals surface area contributed by atoms with Gasteiger partial charge in [0.15, 0.2) is 11.6 Å². The van der Waals surface area contributed by atoms with Crippen LogP contribution in [-0.2, 0) is 38.0 Å². The Labute approximate surface area is 253 Å². The number of methoxy groups -OCH3 is 1. The van der Waals surface area contributed by atoms with E-state index in [9.17, 15) is 55.4 Å². The van der Waals surface area contributed by atoms with Crippen molar-refractivity contribution in [2.45, 2.75) is 58.0 Å². The fourth-order valence-electron chi connectivity index (χ4n) is 4.01. The van der Waals surface area contributed by atoms with E-state index >= 15 is 0 Å². The number of nitrogens with one attached hydrogen (secondary N) is 2. The van der Waals surface area contributed by atoms with Crippen molar-refractivity contribution in [3.8, 4) is 11.5 Å². The number of benzene rings is 2. The molecule has 2 aromatic carbocycles. The summed E-state index contributed by atoms with van der Waals surface area (Å²) in [5, 5.41) is 13.9. The Kier molecular flexibility index (Phi) is 12.1. The van der Waals surface area contributed by atoms with Gasteiger partial charge >= 0.3 is 18.3 Å². The lowest BCUT2D eigenvalue weighted by Gasteiger charge is -2.25. The molecule has 2 amide bonds. The number of carboxylic acids is 1. The van der Waals surface area contributed by atoms with Crippen LogP contribution in [0.3, 0.4) is 0 Å². The summed E-state index contributed by atoms with van der Waals surface area (Å²) < 4.78 is 88.9. The van der Waals surface area contributed by atoms with Crippen LogP contribution in [0.5, 0.6) is 11.5 Å². The zero-order chi connectivity index (χ0) is 34.3. The van der Waals surface area contributed by atoms with Gasteiger partial charge < -0.3 is 25.2 Å². The summed E-state index contributed by atoms with van der Waals surface area (Å²) in [6, 6.07) is 1.61.